The number of aromatic nitrogens is 3. The molecule has 0 saturated carbocycles. The molecule has 0 bridgehead atoms. The van der Waals surface area contributed by atoms with E-state index in [9.17, 15) is 0 Å². The van der Waals surface area contributed by atoms with Gasteiger partial charge in [-0.2, -0.15) is 0 Å². The molecule has 0 saturated heterocycles. The van der Waals surface area contributed by atoms with Crippen LogP contribution < -0.4 is 0 Å². The van der Waals surface area contributed by atoms with Gasteiger partial charge in [0.2, 0.25) is 5.95 Å². The molecule has 0 aliphatic heterocycles. The van der Waals surface area contributed by atoms with Crippen molar-refractivity contribution in [1.82, 2.24) is 14.5 Å². The van der Waals surface area contributed by atoms with Crippen LogP contribution in [0.15, 0.2) is 152 Å². The van der Waals surface area contributed by atoms with Gasteiger partial charge in [0.05, 0.1) is 22.2 Å². The number of rotatable bonds is 3. The topological polar surface area (TPSA) is 30.7 Å². The Hall–Kier alpha value is -6.06. The Balaban J connectivity index is 1.21. The van der Waals surface area contributed by atoms with Crippen LogP contribution in [0.2, 0.25) is 0 Å². The monoisotopic (exact) mass is 613 g/mol. The van der Waals surface area contributed by atoms with Crippen molar-refractivity contribution in [2.24, 2.45) is 0 Å². The van der Waals surface area contributed by atoms with Gasteiger partial charge in [0.15, 0.2) is 0 Å². The summed E-state index contributed by atoms with van der Waals surface area (Å²) >= 11 is 0. The maximum atomic E-state index is 5.42. The zero-order valence-corrected chi connectivity index (χ0v) is 26.8. The summed E-state index contributed by atoms with van der Waals surface area (Å²) in [5.41, 5.74) is 12.9. The lowest BCUT2D eigenvalue weighted by atomic mass is 9.82. The molecule has 0 N–H and O–H groups in total. The van der Waals surface area contributed by atoms with Crippen LogP contribution in [0.4, 0.5) is 0 Å². The number of nitrogens with zero attached hydrogens (tertiary/aromatic N) is 3. The normalized spacial score (nSPS) is 13.4. The van der Waals surface area contributed by atoms with E-state index in [1.54, 1.807) is 0 Å². The fourth-order valence-corrected chi connectivity index (χ4v) is 8.06. The minimum absolute atomic E-state index is 0.0954. The minimum Gasteiger partial charge on any atom is -0.278 e. The first-order chi connectivity index (χ1) is 23.6. The fraction of sp³-hybridized carbons (Fsp3) is 0.0667. The molecule has 1 aliphatic carbocycles. The molecule has 0 amide bonds. The van der Waals surface area contributed by atoms with Crippen LogP contribution in [0, 0.1) is 0 Å². The molecule has 0 atom stereocenters. The first kappa shape index (κ1) is 27.1. The van der Waals surface area contributed by atoms with Crippen molar-refractivity contribution in [3.05, 3.63) is 163 Å². The van der Waals surface area contributed by atoms with Crippen LogP contribution >= 0.6 is 0 Å². The first-order valence-corrected chi connectivity index (χ1v) is 16.6. The number of hydrogen-bond donors (Lipinski definition) is 0. The molecule has 2 heterocycles. The quantitative estimate of drug-likeness (QED) is 0.198. The number of hydrogen-bond acceptors (Lipinski definition) is 2. The molecular formula is C45H31N3. The minimum atomic E-state index is -0.0954. The summed E-state index contributed by atoms with van der Waals surface area (Å²) in [6, 6.07) is 54.6. The molecule has 3 heteroatoms. The van der Waals surface area contributed by atoms with Gasteiger partial charge in [-0.1, -0.05) is 135 Å². The van der Waals surface area contributed by atoms with Crippen LogP contribution in [-0.4, -0.2) is 14.5 Å². The average Bonchev–Trinajstić information content (AvgIpc) is 3.60. The van der Waals surface area contributed by atoms with Gasteiger partial charge in [-0.05, 0) is 74.5 Å². The van der Waals surface area contributed by atoms with Crippen molar-refractivity contribution in [1.29, 1.82) is 0 Å². The Bertz CT molecular complexity index is 2750. The molecule has 48 heavy (non-hydrogen) atoms. The van der Waals surface area contributed by atoms with Gasteiger partial charge < -0.3 is 0 Å². The van der Waals surface area contributed by atoms with E-state index < -0.39 is 0 Å². The van der Waals surface area contributed by atoms with Crippen molar-refractivity contribution in [2.75, 3.05) is 0 Å². The Labute approximate surface area is 278 Å². The highest BCUT2D eigenvalue weighted by molar-refractivity contribution is 6.21. The largest absolute Gasteiger partial charge is 0.278 e. The number of benzene rings is 7. The predicted molar refractivity (Wildman–Crippen MR) is 200 cm³/mol. The highest BCUT2D eigenvalue weighted by Gasteiger charge is 2.35. The van der Waals surface area contributed by atoms with Crippen molar-refractivity contribution in [3.8, 4) is 39.5 Å². The third kappa shape index (κ3) is 3.82. The third-order valence-electron chi connectivity index (χ3n) is 10.4. The molecule has 226 valence electrons. The third-order valence-corrected chi connectivity index (χ3v) is 10.4. The molecule has 1 aliphatic rings. The van der Waals surface area contributed by atoms with Gasteiger partial charge in [-0.15, -0.1) is 0 Å². The van der Waals surface area contributed by atoms with E-state index in [2.05, 4.69) is 170 Å². The van der Waals surface area contributed by atoms with E-state index in [0.717, 1.165) is 33.2 Å². The lowest BCUT2D eigenvalue weighted by molar-refractivity contribution is 0.660. The van der Waals surface area contributed by atoms with E-state index in [1.165, 1.54) is 54.9 Å². The van der Waals surface area contributed by atoms with E-state index >= 15 is 0 Å². The molecule has 0 fully saturated rings. The van der Waals surface area contributed by atoms with Crippen LogP contribution in [0.5, 0.6) is 0 Å². The second-order valence-corrected chi connectivity index (χ2v) is 13.4. The molecule has 0 unspecified atom stereocenters. The lowest BCUT2D eigenvalue weighted by Crippen LogP contribution is -2.15. The smallest absolute Gasteiger partial charge is 0.235 e. The second kappa shape index (κ2) is 9.97. The van der Waals surface area contributed by atoms with E-state index in [4.69, 9.17) is 9.97 Å². The summed E-state index contributed by atoms with van der Waals surface area (Å²) in [6.07, 6.45) is 0. The van der Waals surface area contributed by atoms with Gasteiger partial charge in [-0.3, -0.25) is 4.57 Å². The number of para-hydroxylation sites is 2. The Morgan fingerprint density at radius 3 is 2.10 bits per heavy atom. The van der Waals surface area contributed by atoms with Gasteiger partial charge >= 0.3 is 0 Å². The van der Waals surface area contributed by atoms with E-state index in [1.807, 2.05) is 0 Å². The highest BCUT2D eigenvalue weighted by atomic mass is 15.2. The van der Waals surface area contributed by atoms with Gasteiger partial charge in [0.25, 0.3) is 0 Å². The molecule has 0 radical (unpaired) electrons. The molecule has 0 spiro atoms. The summed E-state index contributed by atoms with van der Waals surface area (Å²) < 4.78 is 2.25. The maximum Gasteiger partial charge on any atom is 0.235 e. The molecule has 2 aromatic heterocycles. The molecule has 9 aromatic rings. The van der Waals surface area contributed by atoms with E-state index in [0.29, 0.717) is 5.95 Å². The van der Waals surface area contributed by atoms with Crippen LogP contribution in [0.3, 0.4) is 0 Å². The summed E-state index contributed by atoms with van der Waals surface area (Å²) in [7, 11) is 0. The zero-order chi connectivity index (χ0) is 32.0. The second-order valence-electron chi connectivity index (χ2n) is 13.4. The SMILES string of the molecule is CC1(C)c2ccccc2-c2ccc(-c3nc(-n4c5ccccc5c5c6ccc(-c7ccccc7)cc6ccc54)nc4ccccc34)cc21. The Morgan fingerprint density at radius 2 is 1.21 bits per heavy atom. The van der Waals surface area contributed by atoms with E-state index in [-0.39, 0.29) is 5.41 Å². The average molecular weight is 614 g/mol. The van der Waals surface area contributed by atoms with Crippen LogP contribution in [0.25, 0.3) is 82.9 Å². The van der Waals surface area contributed by atoms with Gasteiger partial charge in [0, 0.05) is 27.1 Å². The summed E-state index contributed by atoms with van der Waals surface area (Å²) in [6.45, 7) is 4.66. The Morgan fingerprint density at radius 1 is 0.479 bits per heavy atom. The summed E-state index contributed by atoms with van der Waals surface area (Å²) in [5.74, 6) is 0.679. The van der Waals surface area contributed by atoms with Crippen molar-refractivity contribution in [3.63, 3.8) is 0 Å². The van der Waals surface area contributed by atoms with Gasteiger partial charge in [0.1, 0.15) is 0 Å². The summed E-state index contributed by atoms with van der Waals surface area (Å²) in [5, 5.41) is 5.91. The zero-order valence-electron chi connectivity index (χ0n) is 26.8. The van der Waals surface area contributed by atoms with Crippen molar-refractivity contribution < 1.29 is 0 Å². The number of fused-ring (bicyclic) bond motifs is 9. The molecule has 10 rings (SSSR count). The highest BCUT2D eigenvalue weighted by Crippen LogP contribution is 2.49. The van der Waals surface area contributed by atoms with Crippen molar-refractivity contribution in [2.45, 2.75) is 19.3 Å². The fourth-order valence-electron chi connectivity index (χ4n) is 8.06. The molecular weight excluding hydrogens is 583 g/mol. The van der Waals surface area contributed by atoms with Gasteiger partial charge in [-0.25, -0.2) is 9.97 Å². The van der Waals surface area contributed by atoms with Crippen LogP contribution in [-0.2, 0) is 5.41 Å². The standard InChI is InChI=1S/C45H31N3/c1-45(2)37-17-9-6-14-33(37)34-24-21-31(27-38(34)45)43-35-15-7-10-18-39(35)46-44(47-43)48-40-19-11-8-16-36(40)42-32-23-20-29(28-12-4-3-5-13-28)26-30(32)22-25-41(42)48/h3-27H,1-2H3. The predicted octanol–water partition coefficient (Wildman–Crippen LogP) is 11.5. The molecule has 7 aromatic carbocycles. The maximum absolute atomic E-state index is 5.42. The first-order valence-electron chi connectivity index (χ1n) is 16.6. The van der Waals surface area contributed by atoms with Crippen molar-refractivity contribution >= 4 is 43.5 Å². The summed E-state index contributed by atoms with van der Waals surface area (Å²) in [4.78, 5) is 10.6. The Kier molecular flexibility index (Phi) is 5.63. The lowest BCUT2D eigenvalue weighted by Gasteiger charge is -2.22. The van der Waals surface area contributed by atoms with Crippen LogP contribution in [0.1, 0.15) is 25.0 Å². The molecule has 3 nitrogen and oxygen atoms in total.